The van der Waals surface area contributed by atoms with E-state index < -0.39 is 0 Å². The molecule has 1 aliphatic heterocycles. The first kappa shape index (κ1) is 8.94. The maximum atomic E-state index is 11.7. The van der Waals surface area contributed by atoms with Crippen LogP contribution in [0.15, 0.2) is 30.2 Å². The minimum absolute atomic E-state index is 0.123. The summed E-state index contributed by atoms with van der Waals surface area (Å²) in [6, 6.07) is 3.59. The van der Waals surface area contributed by atoms with Crippen molar-refractivity contribution in [2.45, 2.75) is 13.3 Å². The van der Waals surface area contributed by atoms with Gasteiger partial charge in [0.2, 0.25) is 5.78 Å². The zero-order chi connectivity index (χ0) is 9.97. The Morgan fingerprint density at radius 1 is 1.50 bits per heavy atom. The van der Waals surface area contributed by atoms with E-state index in [2.05, 4.69) is 4.98 Å². The molecule has 0 radical (unpaired) electrons. The van der Waals surface area contributed by atoms with Crippen LogP contribution in [-0.4, -0.2) is 17.4 Å². The number of Topliss-reactive ketones (excluding diaryl/α,β-unsaturated/α-hetero) is 1. The number of nitrogens with zero attached hydrogens (tertiary/aromatic N) is 1. The highest BCUT2D eigenvalue weighted by Crippen LogP contribution is 2.14. The number of pyridine rings is 1. The third-order valence-electron chi connectivity index (χ3n) is 2.07. The lowest BCUT2D eigenvalue weighted by atomic mass is 10.2. The molecule has 0 saturated carbocycles. The van der Waals surface area contributed by atoms with E-state index in [1.165, 1.54) is 0 Å². The van der Waals surface area contributed by atoms with E-state index in [4.69, 9.17) is 4.74 Å². The van der Waals surface area contributed by atoms with Gasteiger partial charge in [-0.3, -0.25) is 9.78 Å². The Labute approximate surface area is 82.4 Å². The van der Waals surface area contributed by atoms with Crippen molar-refractivity contribution in [1.29, 1.82) is 0 Å². The SMILES string of the molecule is Cc1ccc(C(=O)C2=CCCO2)nc1. The largest absolute Gasteiger partial charge is 0.489 e. The lowest BCUT2D eigenvalue weighted by Gasteiger charge is -2.01. The fraction of sp³-hybridized carbons (Fsp3) is 0.273. The van der Waals surface area contributed by atoms with Crippen molar-refractivity contribution in [3.8, 4) is 0 Å². The Morgan fingerprint density at radius 3 is 2.93 bits per heavy atom. The van der Waals surface area contributed by atoms with Crippen LogP contribution in [0.3, 0.4) is 0 Å². The van der Waals surface area contributed by atoms with Crippen LogP contribution in [0, 0.1) is 6.92 Å². The van der Waals surface area contributed by atoms with E-state index in [9.17, 15) is 4.79 Å². The highest BCUT2D eigenvalue weighted by molar-refractivity contribution is 6.06. The summed E-state index contributed by atoms with van der Waals surface area (Å²) in [5.74, 6) is 0.309. The Kier molecular flexibility index (Phi) is 2.31. The van der Waals surface area contributed by atoms with Gasteiger partial charge >= 0.3 is 0 Å². The van der Waals surface area contributed by atoms with Gasteiger partial charge in [0.25, 0.3) is 0 Å². The number of aromatic nitrogens is 1. The number of hydrogen-bond donors (Lipinski definition) is 0. The molecule has 0 aromatic carbocycles. The maximum absolute atomic E-state index is 11.7. The van der Waals surface area contributed by atoms with Crippen LogP contribution in [0.25, 0.3) is 0 Å². The van der Waals surface area contributed by atoms with E-state index in [-0.39, 0.29) is 5.78 Å². The normalized spacial score (nSPS) is 14.8. The van der Waals surface area contributed by atoms with Crippen LogP contribution in [-0.2, 0) is 4.74 Å². The molecule has 14 heavy (non-hydrogen) atoms. The monoisotopic (exact) mass is 189 g/mol. The highest BCUT2D eigenvalue weighted by Gasteiger charge is 2.17. The summed E-state index contributed by atoms with van der Waals surface area (Å²) in [7, 11) is 0. The topological polar surface area (TPSA) is 39.2 Å². The van der Waals surface area contributed by atoms with E-state index in [1.54, 1.807) is 12.3 Å². The van der Waals surface area contributed by atoms with Gasteiger partial charge in [-0.1, -0.05) is 6.07 Å². The molecule has 2 heterocycles. The number of ketones is 1. The fourth-order valence-electron chi connectivity index (χ4n) is 1.30. The van der Waals surface area contributed by atoms with E-state index >= 15 is 0 Å². The first-order valence-electron chi connectivity index (χ1n) is 4.58. The number of allylic oxidation sites excluding steroid dienone is 1. The predicted molar refractivity (Wildman–Crippen MR) is 52.0 cm³/mol. The second kappa shape index (κ2) is 3.62. The second-order valence-corrected chi connectivity index (χ2v) is 3.26. The van der Waals surface area contributed by atoms with Crippen LogP contribution >= 0.6 is 0 Å². The molecule has 0 bridgehead atoms. The van der Waals surface area contributed by atoms with Gasteiger partial charge in [-0.2, -0.15) is 0 Å². The molecule has 1 aromatic heterocycles. The molecule has 0 N–H and O–H groups in total. The summed E-state index contributed by atoms with van der Waals surface area (Å²) in [6.07, 6.45) is 4.31. The van der Waals surface area contributed by atoms with E-state index in [0.717, 1.165) is 12.0 Å². The first-order chi connectivity index (χ1) is 6.77. The number of carbonyl (C=O) groups excluding carboxylic acids is 1. The third kappa shape index (κ3) is 1.66. The smallest absolute Gasteiger partial charge is 0.245 e. The highest BCUT2D eigenvalue weighted by atomic mass is 16.5. The van der Waals surface area contributed by atoms with Gasteiger partial charge in [-0.25, -0.2) is 0 Å². The molecule has 0 unspecified atom stereocenters. The lowest BCUT2D eigenvalue weighted by Crippen LogP contribution is -2.06. The first-order valence-corrected chi connectivity index (χ1v) is 4.58. The summed E-state index contributed by atoms with van der Waals surface area (Å²) >= 11 is 0. The second-order valence-electron chi connectivity index (χ2n) is 3.26. The molecule has 3 heteroatoms. The number of aryl methyl sites for hydroxylation is 1. The maximum Gasteiger partial charge on any atom is 0.245 e. The summed E-state index contributed by atoms with van der Waals surface area (Å²) in [5, 5.41) is 0. The van der Waals surface area contributed by atoms with Crippen molar-refractivity contribution in [2.75, 3.05) is 6.61 Å². The molecule has 0 amide bonds. The van der Waals surface area contributed by atoms with Crippen molar-refractivity contribution in [2.24, 2.45) is 0 Å². The fourth-order valence-corrected chi connectivity index (χ4v) is 1.30. The van der Waals surface area contributed by atoms with Gasteiger partial charge < -0.3 is 4.74 Å². The standard InChI is InChI=1S/C11H11NO2/c1-8-4-5-9(12-7-8)11(13)10-3-2-6-14-10/h3-5,7H,2,6H2,1H3. The van der Waals surface area contributed by atoms with Crippen LogP contribution < -0.4 is 0 Å². The molecule has 72 valence electrons. The van der Waals surface area contributed by atoms with Crippen LogP contribution in [0.1, 0.15) is 22.5 Å². The Hall–Kier alpha value is -1.64. The Morgan fingerprint density at radius 2 is 2.36 bits per heavy atom. The van der Waals surface area contributed by atoms with Gasteiger partial charge in [-0.05, 0) is 24.6 Å². The summed E-state index contributed by atoms with van der Waals surface area (Å²) in [6.45, 7) is 2.54. The molecular formula is C11H11NO2. The summed E-state index contributed by atoms with van der Waals surface area (Å²) in [5.41, 5.74) is 1.49. The minimum atomic E-state index is -0.123. The van der Waals surface area contributed by atoms with E-state index in [1.807, 2.05) is 19.1 Å². The van der Waals surface area contributed by atoms with Crippen molar-refractivity contribution in [3.05, 3.63) is 41.4 Å². The van der Waals surface area contributed by atoms with Gasteiger partial charge in [-0.15, -0.1) is 0 Å². The number of rotatable bonds is 2. The van der Waals surface area contributed by atoms with Gasteiger partial charge in [0, 0.05) is 12.6 Å². The predicted octanol–water partition coefficient (Wildman–Crippen LogP) is 1.88. The quantitative estimate of drug-likeness (QED) is 0.667. The summed E-state index contributed by atoms with van der Waals surface area (Å²) < 4.78 is 5.17. The average Bonchev–Trinajstić information content (AvgIpc) is 2.71. The van der Waals surface area contributed by atoms with Crippen molar-refractivity contribution in [1.82, 2.24) is 4.98 Å². The van der Waals surface area contributed by atoms with Crippen molar-refractivity contribution in [3.63, 3.8) is 0 Å². The van der Waals surface area contributed by atoms with Crippen LogP contribution in [0.2, 0.25) is 0 Å². The average molecular weight is 189 g/mol. The minimum Gasteiger partial charge on any atom is -0.489 e. The zero-order valence-electron chi connectivity index (χ0n) is 7.99. The molecule has 0 aliphatic carbocycles. The molecule has 0 spiro atoms. The lowest BCUT2D eigenvalue weighted by molar-refractivity contribution is 0.0937. The molecular weight excluding hydrogens is 178 g/mol. The molecule has 0 fully saturated rings. The molecule has 3 nitrogen and oxygen atoms in total. The van der Waals surface area contributed by atoms with Crippen molar-refractivity contribution >= 4 is 5.78 Å². The summed E-state index contributed by atoms with van der Waals surface area (Å²) in [4.78, 5) is 15.8. The molecule has 2 rings (SSSR count). The van der Waals surface area contributed by atoms with Gasteiger partial charge in [0.05, 0.1) is 6.61 Å². The Bertz CT molecular complexity index is 379. The van der Waals surface area contributed by atoms with Gasteiger partial charge in [0.1, 0.15) is 5.69 Å². The zero-order valence-corrected chi connectivity index (χ0v) is 7.99. The number of carbonyl (C=O) groups is 1. The molecule has 1 aliphatic rings. The molecule has 0 saturated heterocycles. The van der Waals surface area contributed by atoms with Crippen LogP contribution in [0.5, 0.6) is 0 Å². The number of ether oxygens (including phenoxy) is 1. The van der Waals surface area contributed by atoms with E-state index in [0.29, 0.717) is 18.1 Å². The van der Waals surface area contributed by atoms with Gasteiger partial charge in [0.15, 0.2) is 5.76 Å². The Balaban J connectivity index is 2.22. The third-order valence-corrected chi connectivity index (χ3v) is 2.07. The number of hydrogen-bond acceptors (Lipinski definition) is 3. The molecule has 1 aromatic rings. The molecule has 0 atom stereocenters. The van der Waals surface area contributed by atoms with Crippen molar-refractivity contribution < 1.29 is 9.53 Å². The van der Waals surface area contributed by atoms with Crippen LogP contribution in [0.4, 0.5) is 0 Å².